The molecule has 1 saturated heterocycles. The standard InChI is InChI=1S/C35H45N3O6/c1-24(2)37(34(39)26-13-16-32(42-4)33(19-26)43-18-8-17-41-3)22-27-20-36-21-28(27)23-38(29-14-15-29)35(40)44-31-12-7-10-25-9-5-6-11-30(25)31/h5-7,9-13,16,19,24,27-29,36H,8,14-15,17-18,20-23H2,1-4H3/t27-,28+/m1/s1. The van der Waals surface area contributed by atoms with Gasteiger partial charge < -0.3 is 34.1 Å². The number of carbonyl (C=O) groups is 2. The summed E-state index contributed by atoms with van der Waals surface area (Å²) in [7, 11) is 3.25. The molecule has 0 bridgehead atoms. The van der Waals surface area contributed by atoms with Gasteiger partial charge in [-0.3, -0.25) is 4.79 Å². The molecule has 44 heavy (non-hydrogen) atoms. The molecule has 3 aromatic rings. The second kappa shape index (κ2) is 14.8. The number of hydrogen-bond acceptors (Lipinski definition) is 7. The number of benzene rings is 3. The van der Waals surface area contributed by atoms with Crippen LogP contribution in [-0.2, 0) is 4.74 Å². The molecule has 9 heteroatoms. The van der Waals surface area contributed by atoms with Gasteiger partial charge in [-0.15, -0.1) is 0 Å². The third-order valence-electron chi connectivity index (χ3n) is 8.56. The topological polar surface area (TPSA) is 89.6 Å². The lowest BCUT2D eigenvalue weighted by molar-refractivity contribution is 0.0648. The lowest BCUT2D eigenvalue weighted by Crippen LogP contribution is -2.45. The molecular weight excluding hydrogens is 558 g/mol. The van der Waals surface area contributed by atoms with E-state index in [1.807, 2.05) is 66.1 Å². The molecule has 1 saturated carbocycles. The first-order valence-electron chi connectivity index (χ1n) is 15.7. The van der Waals surface area contributed by atoms with Gasteiger partial charge in [0.15, 0.2) is 11.5 Å². The van der Waals surface area contributed by atoms with Gasteiger partial charge in [-0.25, -0.2) is 4.79 Å². The van der Waals surface area contributed by atoms with Crippen molar-refractivity contribution >= 4 is 22.8 Å². The van der Waals surface area contributed by atoms with Crippen molar-refractivity contribution in [2.75, 3.05) is 53.6 Å². The van der Waals surface area contributed by atoms with E-state index in [-0.39, 0.29) is 35.9 Å². The summed E-state index contributed by atoms with van der Waals surface area (Å²) >= 11 is 0. The Kier molecular flexibility index (Phi) is 10.6. The van der Waals surface area contributed by atoms with Crippen LogP contribution >= 0.6 is 0 Å². The molecule has 9 nitrogen and oxygen atoms in total. The van der Waals surface area contributed by atoms with Crippen molar-refractivity contribution in [1.82, 2.24) is 15.1 Å². The van der Waals surface area contributed by atoms with Crippen LogP contribution in [0.5, 0.6) is 17.2 Å². The van der Waals surface area contributed by atoms with E-state index in [1.54, 1.807) is 32.4 Å². The smallest absolute Gasteiger partial charge is 0.415 e. The van der Waals surface area contributed by atoms with Crippen LogP contribution < -0.4 is 19.5 Å². The highest BCUT2D eigenvalue weighted by molar-refractivity contribution is 5.95. The summed E-state index contributed by atoms with van der Waals surface area (Å²) in [5.74, 6) is 2.05. The lowest BCUT2D eigenvalue weighted by Gasteiger charge is -2.33. The first-order chi connectivity index (χ1) is 21.4. The van der Waals surface area contributed by atoms with Gasteiger partial charge in [-0.1, -0.05) is 36.4 Å². The van der Waals surface area contributed by atoms with Crippen molar-refractivity contribution in [3.05, 3.63) is 66.2 Å². The molecule has 3 aromatic carbocycles. The third-order valence-corrected chi connectivity index (χ3v) is 8.56. The summed E-state index contributed by atoms with van der Waals surface area (Å²) in [6, 6.07) is 19.3. The van der Waals surface area contributed by atoms with Gasteiger partial charge in [-0.2, -0.15) is 0 Å². The van der Waals surface area contributed by atoms with Gasteiger partial charge in [0.1, 0.15) is 5.75 Å². The number of rotatable bonds is 14. The average molecular weight is 604 g/mol. The largest absolute Gasteiger partial charge is 0.493 e. The molecule has 0 aromatic heterocycles. The second-order valence-electron chi connectivity index (χ2n) is 12.0. The highest BCUT2D eigenvalue weighted by Crippen LogP contribution is 2.33. The van der Waals surface area contributed by atoms with Gasteiger partial charge in [0.25, 0.3) is 5.91 Å². The number of nitrogens with one attached hydrogen (secondary N) is 1. The Labute approximate surface area is 260 Å². The van der Waals surface area contributed by atoms with Crippen molar-refractivity contribution in [3.63, 3.8) is 0 Å². The van der Waals surface area contributed by atoms with E-state index in [0.717, 1.165) is 43.1 Å². The van der Waals surface area contributed by atoms with Crippen LogP contribution in [0, 0.1) is 11.8 Å². The molecule has 0 spiro atoms. The highest BCUT2D eigenvalue weighted by atomic mass is 16.6. The summed E-state index contributed by atoms with van der Waals surface area (Å²) in [4.78, 5) is 31.2. The zero-order valence-electron chi connectivity index (χ0n) is 26.3. The predicted octanol–water partition coefficient (Wildman–Crippen LogP) is 5.61. The maximum absolute atomic E-state index is 13.9. The van der Waals surface area contributed by atoms with Crippen molar-refractivity contribution in [2.24, 2.45) is 11.8 Å². The monoisotopic (exact) mass is 603 g/mol. The molecule has 0 unspecified atom stereocenters. The van der Waals surface area contributed by atoms with E-state index in [0.29, 0.717) is 49.1 Å². The number of amides is 2. The minimum atomic E-state index is -0.303. The summed E-state index contributed by atoms with van der Waals surface area (Å²) in [5.41, 5.74) is 0.557. The van der Waals surface area contributed by atoms with E-state index in [9.17, 15) is 9.59 Å². The third kappa shape index (κ3) is 7.63. The van der Waals surface area contributed by atoms with Gasteiger partial charge >= 0.3 is 6.09 Å². The second-order valence-corrected chi connectivity index (χ2v) is 12.0. The van der Waals surface area contributed by atoms with Crippen LogP contribution in [0.15, 0.2) is 60.7 Å². The number of ether oxygens (including phenoxy) is 4. The quantitative estimate of drug-likeness (QED) is 0.240. The SMILES string of the molecule is COCCCOc1cc(C(=O)N(C[C@H]2CNC[C@H]2CN(C(=O)Oc2cccc3ccccc23)C2CC2)C(C)C)ccc1OC. The molecule has 2 amide bonds. The Morgan fingerprint density at radius 1 is 0.886 bits per heavy atom. The first-order valence-corrected chi connectivity index (χ1v) is 15.7. The van der Waals surface area contributed by atoms with E-state index < -0.39 is 0 Å². The van der Waals surface area contributed by atoms with Crippen LogP contribution in [-0.4, -0.2) is 87.5 Å². The maximum atomic E-state index is 13.9. The normalized spacial score (nSPS) is 17.9. The fourth-order valence-electron chi connectivity index (χ4n) is 5.92. The van der Waals surface area contributed by atoms with Gasteiger partial charge in [-0.05, 0) is 68.2 Å². The van der Waals surface area contributed by atoms with E-state index >= 15 is 0 Å². The number of hydrogen-bond donors (Lipinski definition) is 1. The number of fused-ring (bicyclic) bond motifs is 1. The zero-order valence-corrected chi connectivity index (χ0v) is 26.3. The van der Waals surface area contributed by atoms with Crippen molar-refractivity contribution in [2.45, 2.75) is 45.2 Å². The first kappa shape index (κ1) is 31.6. The van der Waals surface area contributed by atoms with Crippen LogP contribution in [0.4, 0.5) is 4.79 Å². The lowest BCUT2D eigenvalue weighted by atomic mass is 9.94. The molecule has 5 rings (SSSR count). The van der Waals surface area contributed by atoms with E-state index in [2.05, 4.69) is 5.32 Å². The van der Waals surface area contributed by atoms with Gasteiger partial charge in [0.05, 0.1) is 13.7 Å². The maximum Gasteiger partial charge on any atom is 0.415 e. The Hall–Kier alpha value is -3.82. The Morgan fingerprint density at radius 3 is 2.36 bits per heavy atom. The highest BCUT2D eigenvalue weighted by Gasteiger charge is 2.39. The van der Waals surface area contributed by atoms with Gasteiger partial charge in [0.2, 0.25) is 0 Å². The summed E-state index contributed by atoms with van der Waals surface area (Å²) in [5, 5.41) is 5.48. The Bertz CT molecular complexity index is 1420. The zero-order chi connectivity index (χ0) is 31.1. The Balaban J connectivity index is 1.27. The van der Waals surface area contributed by atoms with Crippen molar-refractivity contribution in [3.8, 4) is 17.2 Å². The van der Waals surface area contributed by atoms with Crippen molar-refractivity contribution < 1.29 is 28.5 Å². The van der Waals surface area contributed by atoms with Gasteiger partial charge in [0, 0.05) is 69.3 Å². The molecule has 0 radical (unpaired) electrons. The molecule has 1 N–H and O–H groups in total. The predicted molar refractivity (Wildman–Crippen MR) is 171 cm³/mol. The molecular formula is C35H45N3O6. The van der Waals surface area contributed by atoms with Crippen LogP contribution in [0.25, 0.3) is 10.8 Å². The molecule has 2 atom stereocenters. The Morgan fingerprint density at radius 2 is 1.64 bits per heavy atom. The van der Waals surface area contributed by atoms with Crippen LogP contribution in [0.1, 0.15) is 43.5 Å². The summed E-state index contributed by atoms with van der Waals surface area (Å²) in [6.45, 7) is 7.89. The molecule has 1 aliphatic carbocycles. The molecule has 2 aliphatic rings. The number of nitrogens with zero attached hydrogens (tertiary/aromatic N) is 2. The number of carbonyl (C=O) groups excluding carboxylic acids is 2. The summed E-state index contributed by atoms with van der Waals surface area (Å²) < 4.78 is 22.5. The minimum absolute atomic E-state index is 0.00668. The fourth-order valence-corrected chi connectivity index (χ4v) is 5.92. The number of methoxy groups -OCH3 is 2. The summed E-state index contributed by atoms with van der Waals surface area (Å²) in [6.07, 6.45) is 2.40. The average Bonchev–Trinajstić information content (AvgIpc) is 3.78. The molecule has 1 aliphatic heterocycles. The van der Waals surface area contributed by atoms with E-state index in [1.165, 1.54) is 0 Å². The molecule has 236 valence electrons. The van der Waals surface area contributed by atoms with Crippen molar-refractivity contribution in [1.29, 1.82) is 0 Å². The molecule has 1 heterocycles. The van der Waals surface area contributed by atoms with Crippen LogP contribution in [0.3, 0.4) is 0 Å². The molecule has 2 fully saturated rings. The van der Waals surface area contributed by atoms with E-state index in [4.69, 9.17) is 18.9 Å². The minimum Gasteiger partial charge on any atom is -0.493 e. The fraction of sp³-hybridized carbons (Fsp3) is 0.486. The van der Waals surface area contributed by atoms with Crippen LogP contribution in [0.2, 0.25) is 0 Å².